The summed E-state index contributed by atoms with van der Waals surface area (Å²) in [6.07, 6.45) is 2.23. The molecule has 5 rings (SSSR count). The number of hydrogen-bond acceptors (Lipinski definition) is 8. The summed E-state index contributed by atoms with van der Waals surface area (Å²) in [5.41, 5.74) is 4.85. The second-order valence-electron chi connectivity index (χ2n) is 10.0. The lowest BCUT2D eigenvalue weighted by Crippen LogP contribution is -2.48. The first-order valence-corrected chi connectivity index (χ1v) is 13.6. The highest BCUT2D eigenvalue weighted by molar-refractivity contribution is 5.91. The van der Waals surface area contributed by atoms with Crippen LogP contribution in [0.25, 0.3) is 10.9 Å². The molecule has 14 heteroatoms. The fourth-order valence-corrected chi connectivity index (χ4v) is 4.75. The van der Waals surface area contributed by atoms with Gasteiger partial charge in [-0.05, 0) is 30.2 Å². The second-order valence-corrected chi connectivity index (χ2v) is 10.0. The number of rotatable bonds is 8. The van der Waals surface area contributed by atoms with Gasteiger partial charge in [0.25, 0.3) is 0 Å². The molecule has 1 fully saturated rings. The molecule has 0 atom stereocenters. The number of nitrogens with zero attached hydrogens (tertiary/aromatic N) is 5. The van der Waals surface area contributed by atoms with Crippen LogP contribution in [0.4, 0.5) is 10.3 Å². The van der Waals surface area contributed by atoms with E-state index in [1.807, 2.05) is 18.2 Å². The van der Waals surface area contributed by atoms with E-state index in [-0.39, 0.29) is 0 Å². The lowest BCUT2D eigenvalue weighted by molar-refractivity contribution is -0.134. The lowest BCUT2D eigenvalue weighted by atomic mass is 10.1. The smallest absolute Gasteiger partial charge is 0.328 e. The summed E-state index contributed by atoms with van der Waals surface area (Å²) in [4.78, 5) is 46.0. The Labute approximate surface area is 252 Å². The molecule has 2 aromatic carbocycles. The number of aliphatic carboxylic acids is 4. The monoisotopic (exact) mass is 611 g/mol. The molecule has 4 N–H and O–H groups in total. The van der Waals surface area contributed by atoms with E-state index in [4.69, 9.17) is 20.4 Å². The van der Waals surface area contributed by atoms with Gasteiger partial charge < -0.3 is 25.3 Å². The van der Waals surface area contributed by atoms with Gasteiger partial charge in [-0.2, -0.15) is 0 Å². The summed E-state index contributed by atoms with van der Waals surface area (Å²) >= 11 is 0. The minimum absolute atomic E-state index is 0.504. The summed E-state index contributed by atoms with van der Waals surface area (Å²) in [6.45, 7) is 10.2. The van der Waals surface area contributed by atoms with Crippen LogP contribution in [-0.4, -0.2) is 103 Å². The number of aromatic nitrogens is 2. The van der Waals surface area contributed by atoms with Crippen molar-refractivity contribution in [3.8, 4) is 0 Å². The van der Waals surface area contributed by atoms with Gasteiger partial charge in [-0.25, -0.2) is 19.2 Å². The van der Waals surface area contributed by atoms with Gasteiger partial charge in [-0.15, -0.1) is 5.10 Å². The largest absolute Gasteiger partial charge is 0.478 e. The molecule has 0 spiro atoms. The van der Waals surface area contributed by atoms with Crippen molar-refractivity contribution in [2.24, 2.45) is 0 Å². The van der Waals surface area contributed by atoms with Crippen molar-refractivity contribution in [2.75, 3.05) is 44.2 Å². The molecular weight excluding hydrogens is 577 g/mol. The minimum atomic E-state index is -1.26. The maximum Gasteiger partial charge on any atom is 0.328 e. The predicted octanol–water partition coefficient (Wildman–Crippen LogP) is 2.64. The van der Waals surface area contributed by atoms with Crippen molar-refractivity contribution in [3.63, 3.8) is 0 Å². The predicted molar refractivity (Wildman–Crippen MR) is 159 cm³/mol. The number of para-hydroxylation sites is 1. The molecule has 0 bridgehead atoms. The average Bonchev–Trinajstić information content (AvgIpc) is 3.55. The van der Waals surface area contributed by atoms with Gasteiger partial charge >= 0.3 is 23.9 Å². The van der Waals surface area contributed by atoms with E-state index >= 15 is 0 Å². The molecule has 0 radical (unpaired) electrons. The molecule has 44 heavy (non-hydrogen) atoms. The minimum Gasteiger partial charge on any atom is -0.478 e. The normalized spacial score (nSPS) is 15.0. The zero-order chi connectivity index (χ0) is 32.2. The number of carboxylic acids is 4. The van der Waals surface area contributed by atoms with E-state index in [9.17, 15) is 23.7 Å². The van der Waals surface area contributed by atoms with E-state index in [0.717, 1.165) is 63.6 Å². The standard InChI is InChI=1S/C22H26FN5.2C4H4O4/c1-17-6-7-18-15-26(16-19(18)14-17)9-8-25-10-12-27(13-11-25)22-20-4-2-3-5-21(20)28(23)24-22;2*5-3(6)1-2-4(7)8/h2-7,14H,8-13,15-16H2,1H3;2*1-2H,(H,5,6)(H,7,8). The molecule has 2 aliphatic rings. The summed E-state index contributed by atoms with van der Waals surface area (Å²) in [5, 5.41) is 36.3. The number of anilines is 1. The number of carbonyl (C=O) groups is 4. The van der Waals surface area contributed by atoms with Crippen molar-refractivity contribution in [2.45, 2.75) is 20.0 Å². The molecule has 0 saturated carbocycles. The van der Waals surface area contributed by atoms with E-state index in [1.165, 1.54) is 16.7 Å². The zero-order valence-electron chi connectivity index (χ0n) is 24.0. The van der Waals surface area contributed by atoms with Crippen molar-refractivity contribution in [1.29, 1.82) is 0 Å². The summed E-state index contributed by atoms with van der Waals surface area (Å²) in [7, 11) is 0. The maximum absolute atomic E-state index is 14.0. The summed E-state index contributed by atoms with van der Waals surface area (Å²) < 4.78 is 14.0. The molecule has 1 aromatic heterocycles. The number of benzene rings is 2. The average molecular weight is 612 g/mol. The van der Waals surface area contributed by atoms with Gasteiger partial charge in [0.1, 0.15) is 5.52 Å². The third kappa shape index (κ3) is 10.3. The van der Waals surface area contributed by atoms with Crippen molar-refractivity contribution in [3.05, 3.63) is 83.5 Å². The van der Waals surface area contributed by atoms with Gasteiger partial charge in [0.15, 0.2) is 5.82 Å². The lowest BCUT2D eigenvalue weighted by Gasteiger charge is -2.35. The molecule has 0 aliphatic carbocycles. The fraction of sp³-hybridized carbons (Fsp3) is 0.300. The third-order valence-electron chi connectivity index (χ3n) is 6.82. The van der Waals surface area contributed by atoms with Crippen LogP contribution in [0.2, 0.25) is 0 Å². The number of halogens is 1. The molecule has 2 aliphatic heterocycles. The molecule has 0 unspecified atom stereocenters. The first-order chi connectivity index (χ1) is 20.9. The van der Waals surface area contributed by atoms with Crippen LogP contribution in [-0.2, 0) is 32.3 Å². The van der Waals surface area contributed by atoms with Crippen LogP contribution in [0.1, 0.15) is 16.7 Å². The first-order valence-electron chi connectivity index (χ1n) is 13.6. The van der Waals surface area contributed by atoms with Gasteiger partial charge in [0, 0.05) is 82.0 Å². The molecule has 234 valence electrons. The van der Waals surface area contributed by atoms with E-state index < -0.39 is 23.9 Å². The Morgan fingerprint density at radius 3 is 1.84 bits per heavy atom. The molecule has 0 amide bonds. The van der Waals surface area contributed by atoms with Crippen LogP contribution in [0, 0.1) is 6.92 Å². The first kappa shape index (κ1) is 33.4. The van der Waals surface area contributed by atoms with Gasteiger partial charge in [0.05, 0.1) is 0 Å². The van der Waals surface area contributed by atoms with Crippen LogP contribution in [0.5, 0.6) is 0 Å². The Balaban J connectivity index is 0.000000275. The van der Waals surface area contributed by atoms with E-state index in [2.05, 4.69) is 44.9 Å². The number of hydrogen-bond donors (Lipinski definition) is 4. The van der Waals surface area contributed by atoms with Crippen molar-refractivity contribution >= 4 is 40.6 Å². The number of fused-ring (bicyclic) bond motifs is 2. The Bertz CT molecular complexity index is 1480. The highest BCUT2D eigenvalue weighted by atomic mass is 19.2. The summed E-state index contributed by atoms with van der Waals surface area (Å²) in [5.74, 6) is -4.26. The maximum atomic E-state index is 14.0. The van der Waals surface area contributed by atoms with Crippen molar-refractivity contribution in [1.82, 2.24) is 19.8 Å². The van der Waals surface area contributed by atoms with Gasteiger partial charge in [0.2, 0.25) is 0 Å². The van der Waals surface area contributed by atoms with Gasteiger partial charge in [-0.3, -0.25) is 9.80 Å². The molecule has 13 nitrogen and oxygen atoms in total. The second kappa shape index (κ2) is 16.0. The highest BCUT2D eigenvalue weighted by Gasteiger charge is 2.24. The molecule has 1 saturated heterocycles. The SMILES string of the molecule is Cc1ccc2c(c1)CN(CCN1CCN(c3nn(F)c4ccccc34)CC1)C2.O=C(O)C=CC(=O)O.O=C(O)C=CC(=O)O. The number of piperazine rings is 1. The molecule has 3 heterocycles. The van der Waals surface area contributed by atoms with Crippen LogP contribution in [0.3, 0.4) is 0 Å². The Morgan fingerprint density at radius 1 is 0.750 bits per heavy atom. The Morgan fingerprint density at radius 2 is 1.27 bits per heavy atom. The quantitative estimate of drug-likeness (QED) is 0.274. The van der Waals surface area contributed by atoms with E-state index in [1.54, 1.807) is 6.07 Å². The van der Waals surface area contributed by atoms with Crippen LogP contribution < -0.4 is 4.90 Å². The Kier molecular flexibility index (Phi) is 12.1. The van der Waals surface area contributed by atoms with Crippen LogP contribution >= 0.6 is 0 Å². The fourth-order valence-electron chi connectivity index (χ4n) is 4.75. The van der Waals surface area contributed by atoms with Crippen LogP contribution in [0.15, 0.2) is 66.8 Å². The highest BCUT2D eigenvalue weighted by Crippen LogP contribution is 2.27. The number of carboxylic acid groups (broad SMARTS) is 4. The summed E-state index contributed by atoms with van der Waals surface area (Å²) in [6, 6.07) is 14.3. The van der Waals surface area contributed by atoms with Crippen molar-refractivity contribution < 1.29 is 44.1 Å². The Hall–Kier alpha value is -5.08. The number of aryl methyl sites for hydroxylation is 1. The van der Waals surface area contributed by atoms with E-state index in [0.29, 0.717) is 34.7 Å². The molecule has 3 aromatic rings. The zero-order valence-corrected chi connectivity index (χ0v) is 24.0. The topological polar surface area (TPSA) is 177 Å². The third-order valence-corrected chi connectivity index (χ3v) is 6.82. The molecular formula is C30H34FN5O8. The van der Waals surface area contributed by atoms with Gasteiger partial charge in [-0.1, -0.05) is 45.3 Å².